The molecule has 2 rings (SSSR count). The van der Waals surface area contributed by atoms with E-state index in [1.807, 2.05) is 18.2 Å². The van der Waals surface area contributed by atoms with Gasteiger partial charge in [0.25, 0.3) is 0 Å². The third kappa shape index (κ3) is 3.52. The maximum absolute atomic E-state index is 5.91. The monoisotopic (exact) mass is 318 g/mol. The predicted octanol–water partition coefficient (Wildman–Crippen LogP) is 5.46. The molecule has 0 aliphatic heterocycles. The van der Waals surface area contributed by atoms with E-state index in [9.17, 15) is 0 Å². The lowest BCUT2D eigenvalue weighted by Crippen LogP contribution is -1.74. The second kappa shape index (κ2) is 5.39. The van der Waals surface area contributed by atoms with Gasteiger partial charge in [-0.2, -0.15) is 0 Å². The molecule has 0 bridgehead atoms. The number of hydrogen-bond acceptors (Lipinski definition) is 2. The fourth-order valence-electron chi connectivity index (χ4n) is 1.14. The quantitative estimate of drug-likeness (QED) is 0.677. The number of hydrogen-bond donors (Lipinski definition) is 0. The molecule has 0 atom stereocenters. The van der Waals surface area contributed by atoms with Crippen LogP contribution in [0.2, 0.25) is 5.02 Å². The highest BCUT2D eigenvalue weighted by Crippen LogP contribution is 2.30. The van der Waals surface area contributed by atoms with Gasteiger partial charge < -0.3 is 0 Å². The standard InChI is InChI=1S/C11H8BrClS2/c12-11-5-4-10(15-11)7-14-9-3-1-2-8(13)6-9/h1-6H,7H2. The van der Waals surface area contributed by atoms with Gasteiger partial charge in [-0.15, -0.1) is 23.1 Å². The Morgan fingerprint density at radius 1 is 1.27 bits per heavy atom. The summed E-state index contributed by atoms with van der Waals surface area (Å²) in [6.07, 6.45) is 0. The van der Waals surface area contributed by atoms with E-state index < -0.39 is 0 Å². The minimum atomic E-state index is 0.798. The van der Waals surface area contributed by atoms with Gasteiger partial charge in [0.1, 0.15) is 0 Å². The smallest absolute Gasteiger partial charge is 0.0701 e. The zero-order chi connectivity index (χ0) is 10.7. The van der Waals surface area contributed by atoms with Gasteiger partial charge in [0, 0.05) is 20.5 Å². The summed E-state index contributed by atoms with van der Waals surface area (Å²) >= 11 is 13.0. The number of thiophene rings is 1. The molecule has 0 N–H and O–H groups in total. The van der Waals surface area contributed by atoms with Crippen molar-refractivity contribution in [3.8, 4) is 0 Å². The summed E-state index contributed by atoms with van der Waals surface area (Å²) in [5.74, 6) is 0.997. The van der Waals surface area contributed by atoms with E-state index in [0.717, 1.165) is 10.8 Å². The normalized spacial score (nSPS) is 10.5. The Morgan fingerprint density at radius 3 is 2.80 bits per heavy atom. The summed E-state index contributed by atoms with van der Waals surface area (Å²) in [7, 11) is 0. The van der Waals surface area contributed by atoms with E-state index in [1.165, 1.54) is 13.6 Å². The highest BCUT2D eigenvalue weighted by molar-refractivity contribution is 9.11. The van der Waals surface area contributed by atoms with Gasteiger partial charge in [0.15, 0.2) is 0 Å². The first-order valence-corrected chi connectivity index (χ1v) is 7.34. The van der Waals surface area contributed by atoms with Crippen LogP contribution in [0.15, 0.2) is 45.1 Å². The molecule has 0 unspecified atom stereocenters. The minimum Gasteiger partial charge on any atom is -0.132 e. The number of thioether (sulfide) groups is 1. The summed E-state index contributed by atoms with van der Waals surface area (Å²) < 4.78 is 1.18. The molecule has 4 heteroatoms. The largest absolute Gasteiger partial charge is 0.132 e. The molecule has 15 heavy (non-hydrogen) atoms. The van der Waals surface area contributed by atoms with Crippen LogP contribution in [-0.2, 0) is 5.75 Å². The zero-order valence-corrected chi connectivity index (χ0v) is 11.7. The molecule has 1 heterocycles. The lowest BCUT2D eigenvalue weighted by atomic mass is 10.4. The summed E-state index contributed by atoms with van der Waals surface area (Å²) in [6.45, 7) is 0. The van der Waals surface area contributed by atoms with E-state index in [1.54, 1.807) is 23.1 Å². The van der Waals surface area contributed by atoms with E-state index in [0.29, 0.717) is 0 Å². The summed E-state index contributed by atoms with van der Waals surface area (Å²) in [4.78, 5) is 2.58. The lowest BCUT2D eigenvalue weighted by Gasteiger charge is -1.99. The molecule has 0 nitrogen and oxygen atoms in total. The molecule has 0 aliphatic rings. The van der Waals surface area contributed by atoms with Crippen LogP contribution in [0.5, 0.6) is 0 Å². The minimum absolute atomic E-state index is 0.798. The van der Waals surface area contributed by atoms with Crippen LogP contribution >= 0.6 is 50.6 Å². The number of rotatable bonds is 3. The Hall–Kier alpha value is 0.0400. The van der Waals surface area contributed by atoms with E-state index in [-0.39, 0.29) is 0 Å². The second-order valence-electron chi connectivity index (χ2n) is 2.95. The Kier molecular flexibility index (Phi) is 4.14. The van der Waals surface area contributed by atoms with Gasteiger partial charge in [-0.25, -0.2) is 0 Å². The first kappa shape index (κ1) is 11.5. The fourth-order valence-corrected chi connectivity index (χ4v) is 3.88. The van der Waals surface area contributed by atoms with Gasteiger partial charge in [0.05, 0.1) is 3.79 Å². The highest BCUT2D eigenvalue weighted by atomic mass is 79.9. The van der Waals surface area contributed by atoms with E-state index in [2.05, 4.69) is 34.1 Å². The fraction of sp³-hybridized carbons (Fsp3) is 0.0909. The Labute approximate surface area is 111 Å². The Balaban J connectivity index is 1.99. The SMILES string of the molecule is Clc1cccc(SCc2ccc(Br)s2)c1. The van der Waals surface area contributed by atoms with Crippen molar-refractivity contribution >= 4 is 50.6 Å². The zero-order valence-electron chi connectivity index (χ0n) is 7.74. The molecule has 0 saturated carbocycles. The first-order chi connectivity index (χ1) is 7.24. The average molecular weight is 320 g/mol. The predicted molar refractivity (Wildman–Crippen MR) is 73.0 cm³/mol. The maximum atomic E-state index is 5.91. The molecule has 78 valence electrons. The lowest BCUT2D eigenvalue weighted by molar-refractivity contribution is 1.43. The molecule has 1 aromatic carbocycles. The molecular weight excluding hydrogens is 312 g/mol. The molecule has 0 saturated heterocycles. The second-order valence-corrected chi connectivity index (χ2v) is 6.98. The third-order valence-corrected chi connectivity index (χ3v) is 4.89. The summed E-state index contributed by atoms with van der Waals surface area (Å²) in [5.41, 5.74) is 0. The molecule has 2 aromatic rings. The number of halogens is 2. The molecule has 0 spiro atoms. The van der Waals surface area contributed by atoms with Gasteiger partial charge >= 0.3 is 0 Å². The van der Waals surface area contributed by atoms with Crippen LogP contribution in [-0.4, -0.2) is 0 Å². The molecule has 0 amide bonds. The summed E-state index contributed by atoms with van der Waals surface area (Å²) in [6, 6.07) is 12.2. The van der Waals surface area contributed by atoms with Crippen LogP contribution in [0, 0.1) is 0 Å². The van der Waals surface area contributed by atoms with Gasteiger partial charge in [-0.05, 0) is 46.3 Å². The van der Waals surface area contributed by atoms with Crippen molar-refractivity contribution in [3.63, 3.8) is 0 Å². The Bertz CT molecular complexity index is 453. The Morgan fingerprint density at radius 2 is 2.13 bits per heavy atom. The van der Waals surface area contributed by atoms with Crippen LogP contribution in [0.25, 0.3) is 0 Å². The van der Waals surface area contributed by atoms with E-state index in [4.69, 9.17) is 11.6 Å². The van der Waals surface area contributed by atoms with Crippen LogP contribution < -0.4 is 0 Å². The van der Waals surface area contributed by atoms with Crippen LogP contribution in [0.3, 0.4) is 0 Å². The van der Waals surface area contributed by atoms with Crippen molar-refractivity contribution in [2.24, 2.45) is 0 Å². The van der Waals surface area contributed by atoms with Gasteiger partial charge in [-0.1, -0.05) is 17.7 Å². The van der Waals surface area contributed by atoms with Crippen molar-refractivity contribution in [2.45, 2.75) is 10.6 Å². The molecule has 0 fully saturated rings. The van der Waals surface area contributed by atoms with Crippen LogP contribution in [0.1, 0.15) is 4.88 Å². The van der Waals surface area contributed by atoms with Crippen molar-refractivity contribution in [3.05, 3.63) is 50.1 Å². The van der Waals surface area contributed by atoms with Gasteiger partial charge in [0.2, 0.25) is 0 Å². The molecular formula is C11H8BrClS2. The van der Waals surface area contributed by atoms with E-state index >= 15 is 0 Å². The first-order valence-electron chi connectivity index (χ1n) is 4.36. The number of benzene rings is 1. The molecule has 1 aromatic heterocycles. The maximum Gasteiger partial charge on any atom is 0.0701 e. The average Bonchev–Trinajstić information content (AvgIpc) is 2.62. The van der Waals surface area contributed by atoms with Crippen LogP contribution in [0.4, 0.5) is 0 Å². The van der Waals surface area contributed by atoms with Gasteiger partial charge in [-0.3, -0.25) is 0 Å². The highest BCUT2D eigenvalue weighted by Gasteiger charge is 1.99. The third-order valence-electron chi connectivity index (χ3n) is 1.81. The topological polar surface area (TPSA) is 0 Å². The molecule has 0 radical (unpaired) electrons. The van der Waals surface area contributed by atoms with Crippen molar-refractivity contribution in [2.75, 3.05) is 0 Å². The van der Waals surface area contributed by atoms with Crippen molar-refractivity contribution < 1.29 is 0 Å². The van der Waals surface area contributed by atoms with Crippen molar-refractivity contribution in [1.29, 1.82) is 0 Å². The van der Waals surface area contributed by atoms with Crippen molar-refractivity contribution in [1.82, 2.24) is 0 Å². The molecule has 0 aliphatic carbocycles. The summed E-state index contributed by atoms with van der Waals surface area (Å²) in [5, 5.41) is 0.798.